The van der Waals surface area contributed by atoms with Crippen LogP contribution < -0.4 is 0 Å². The Labute approximate surface area is 102 Å². The van der Waals surface area contributed by atoms with Gasteiger partial charge in [-0.1, -0.05) is 53.6 Å². The van der Waals surface area contributed by atoms with Crippen molar-refractivity contribution in [2.75, 3.05) is 0 Å². The van der Waals surface area contributed by atoms with Crippen LogP contribution in [0, 0.1) is 13.8 Å². The molecule has 0 bridgehead atoms. The van der Waals surface area contributed by atoms with Crippen LogP contribution in [0.2, 0.25) is 0 Å². The highest BCUT2D eigenvalue weighted by molar-refractivity contribution is 5.87. The largest absolute Gasteiger partial charge is 0.478 e. The minimum atomic E-state index is -0.875. The maximum absolute atomic E-state index is 10.3. The molecule has 0 unspecified atom stereocenters. The average Bonchev–Trinajstić information content (AvgIpc) is 2.31. The van der Waals surface area contributed by atoms with Gasteiger partial charge in [0.05, 0.1) is 5.56 Å². The number of aromatic carboxylic acids is 1. The van der Waals surface area contributed by atoms with Gasteiger partial charge in [-0.15, -0.1) is 0 Å². The third-order valence-electron chi connectivity index (χ3n) is 2.24. The molecule has 0 saturated heterocycles. The Bertz CT molecular complexity index is 458. The molecule has 0 atom stereocenters. The van der Waals surface area contributed by atoms with Crippen LogP contribution in [0.25, 0.3) is 0 Å². The number of rotatable bonds is 1. The maximum atomic E-state index is 10.3. The van der Waals surface area contributed by atoms with E-state index in [-0.39, 0.29) is 0 Å². The highest BCUT2D eigenvalue weighted by atomic mass is 16.4. The van der Waals surface area contributed by atoms with Crippen molar-refractivity contribution in [3.8, 4) is 0 Å². The van der Waals surface area contributed by atoms with Gasteiger partial charge in [0, 0.05) is 0 Å². The Morgan fingerprint density at radius 1 is 0.824 bits per heavy atom. The van der Waals surface area contributed by atoms with E-state index in [1.165, 1.54) is 5.56 Å². The van der Waals surface area contributed by atoms with E-state index >= 15 is 0 Å². The fraction of sp³-hybridized carbons (Fsp3) is 0.133. The van der Waals surface area contributed by atoms with Crippen LogP contribution in [0.3, 0.4) is 0 Å². The van der Waals surface area contributed by atoms with E-state index < -0.39 is 5.97 Å². The number of carbonyl (C=O) groups is 1. The third-order valence-corrected chi connectivity index (χ3v) is 2.24. The summed E-state index contributed by atoms with van der Waals surface area (Å²) < 4.78 is 0. The number of carboxylic acids is 1. The normalized spacial score (nSPS) is 9.06. The van der Waals surface area contributed by atoms with Gasteiger partial charge in [0.2, 0.25) is 0 Å². The molecule has 1 N–H and O–H groups in total. The molecule has 2 rings (SSSR count). The number of benzene rings is 2. The highest BCUT2D eigenvalue weighted by Crippen LogP contribution is 2.01. The summed E-state index contributed by atoms with van der Waals surface area (Å²) in [6, 6.07) is 17.0. The maximum Gasteiger partial charge on any atom is 0.335 e. The van der Waals surface area contributed by atoms with E-state index in [9.17, 15) is 4.79 Å². The van der Waals surface area contributed by atoms with Crippen molar-refractivity contribution in [1.82, 2.24) is 0 Å². The summed E-state index contributed by atoms with van der Waals surface area (Å²) in [7, 11) is 0. The Hall–Kier alpha value is -2.09. The van der Waals surface area contributed by atoms with Crippen molar-refractivity contribution >= 4 is 5.97 Å². The fourth-order valence-electron chi connectivity index (χ4n) is 1.23. The smallest absolute Gasteiger partial charge is 0.335 e. The van der Waals surface area contributed by atoms with Crippen molar-refractivity contribution in [1.29, 1.82) is 0 Å². The summed E-state index contributed by atoms with van der Waals surface area (Å²) in [5.41, 5.74) is 2.73. The molecule has 0 aliphatic heterocycles. The molecule has 0 radical (unpaired) electrons. The van der Waals surface area contributed by atoms with Crippen LogP contribution in [-0.2, 0) is 0 Å². The van der Waals surface area contributed by atoms with Crippen LogP contribution >= 0.6 is 0 Å². The lowest BCUT2D eigenvalue weighted by atomic mass is 10.2. The topological polar surface area (TPSA) is 37.3 Å². The van der Waals surface area contributed by atoms with E-state index in [0.29, 0.717) is 5.56 Å². The van der Waals surface area contributed by atoms with E-state index in [0.717, 1.165) is 5.56 Å². The zero-order valence-electron chi connectivity index (χ0n) is 10.1. The summed E-state index contributed by atoms with van der Waals surface area (Å²) in [5.74, 6) is -0.875. The predicted octanol–water partition coefficient (Wildman–Crippen LogP) is 3.69. The van der Waals surface area contributed by atoms with Crippen molar-refractivity contribution < 1.29 is 9.90 Å². The number of carboxylic acid groups (broad SMARTS) is 1. The molecule has 0 aliphatic carbocycles. The zero-order valence-corrected chi connectivity index (χ0v) is 10.1. The summed E-state index contributed by atoms with van der Waals surface area (Å²) >= 11 is 0. The van der Waals surface area contributed by atoms with Gasteiger partial charge in [0.15, 0.2) is 0 Å². The average molecular weight is 228 g/mol. The van der Waals surface area contributed by atoms with E-state index in [1.807, 2.05) is 25.1 Å². The second-order valence-corrected chi connectivity index (χ2v) is 3.83. The summed E-state index contributed by atoms with van der Waals surface area (Å²) in [6.07, 6.45) is 0. The van der Waals surface area contributed by atoms with E-state index in [1.54, 1.807) is 24.3 Å². The van der Waals surface area contributed by atoms with Crippen LogP contribution in [0.15, 0.2) is 54.6 Å². The molecule has 0 aromatic heterocycles. The summed E-state index contributed by atoms with van der Waals surface area (Å²) in [6.45, 7) is 4.01. The molecule has 0 fully saturated rings. The van der Waals surface area contributed by atoms with Crippen LogP contribution in [0.4, 0.5) is 0 Å². The number of aryl methyl sites for hydroxylation is 2. The second kappa shape index (κ2) is 6.48. The standard InChI is InChI=1S/C8H8O2.C7H8/c1-6-2-4-7(5-3-6)8(9)10;1-7-5-3-2-4-6-7/h2-5H,1H3,(H,9,10);2-6H,1H3. The van der Waals surface area contributed by atoms with Crippen LogP contribution in [0.1, 0.15) is 21.5 Å². The molecule has 0 heterocycles. The zero-order chi connectivity index (χ0) is 12.7. The van der Waals surface area contributed by atoms with Gasteiger partial charge in [-0.05, 0) is 26.0 Å². The minimum absolute atomic E-state index is 0.339. The number of hydrogen-bond donors (Lipinski definition) is 1. The Morgan fingerprint density at radius 2 is 1.29 bits per heavy atom. The van der Waals surface area contributed by atoms with Gasteiger partial charge in [-0.3, -0.25) is 0 Å². The molecular weight excluding hydrogens is 212 g/mol. The van der Waals surface area contributed by atoms with Gasteiger partial charge in [0.25, 0.3) is 0 Å². The quantitative estimate of drug-likeness (QED) is 0.808. The SMILES string of the molecule is Cc1ccc(C(=O)O)cc1.Cc1ccccc1. The van der Waals surface area contributed by atoms with Gasteiger partial charge >= 0.3 is 5.97 Å². The molecule has 0 amide bonds. The van der Waals surface area contributed by atoms with Crippen molar-refractivity contribution in [3.63, 3.8) is 0 Å². The lowest BCUT2D eigenvalue weighted by Gasteiger charge is -1.92. The van der Waals surface area contributed by atoms with Crippen LogP contribution in [-0.4, -0.2) is 11.1 Å². The van der Waals surface area contributed by atoms with Crippen molar-refractivity contribution in [2.24, 2.45) is 0 Å². The molecule has 0 aliphatic rings. The molecule has 17 heavy (non-hydrogen) atoms. The first kappa shape index (κ1) is 13.0. The molecule has 88 valence electrons. The van der Waals surface area contributed by atoms with Gasteiger partial charge in [0.1, 0.15) is 0 Å². The molecule has 2 nitrogen and oxygen atoms in total. The first-order chi connectivity index (χ1) is 8.09. The van der Waals surface area contributed by atoms with Crippen molar-refractivity contribution in [3.05, 3.63) is 71.3 Å². The van der Waals surface area contributed by atoms with Crippen molar-refractivity contribution in [2.45, 2.75) is 13.8 Å². The molecule has 0 spiro atoms. The third kappa shape index (κ3) is 4.98. The number of hydrogen-bond acceptors (Lipinski definition) is 1. The monoisotopic (exact) mass is 228 g/mol. The van der Waals surface area contributed by atoms with E-state index in [4.69, 9.17) is 5.11 Å². The molecule has 2 heteroatoms. The van der Waals surface area contributed by atoms with Crippen LogP contribution in [0.5, 0.6) is 0 Å². The Balaban J connectivity index is 0.000000181. The Kier molecular flexibility index (Phi) is 4.95. The van der Waals surface area contributed by atoms with E-state index in [2.05, 4.69) is 19.1 Å². The highest BCUT2D eigenvalue weighted by Gasteiger charge is 1.98. The van der Waals surface area contributed by atoms with Gasteiger partial charge < -0.3 is 5.11 Å². The van der Waals surface area contributed by atoms with Gasteiger partial charge in [-0.25, -0.2) is 4.79 Å². The van der Waals surface area contributed by atoms with Gasteiger partial charge in [-0.2, -0.15) is 0 Å². The molecular formula is C15H16O2. The lowest BCUT2D eigenvalue weighted by molar-refractivity contribution is 0.0697. The summed E-state index contributed by atoms with van der Waals surface area (Å²) in [5, 5.41) is 8.48. The first-order valence-electron chi connectivity index (χ1n) is 5.41. The fourth-order valence-corrected chi connectivity index (χ4v) is 1.23. The molecule has 2 aromatic carbocycles. The predicted molar refractivity (Wildman–Crippen MR) is 69.3 cm³/mol. The lowest BCUT2D eigenvalue weighted by Crippen LogP contribution is -1.94. The first-order valence-corrected chi connectivity index (χ1v) is 5.41. The molecule has 2 aromatic rings. The molecule has 0 saturated carbocycles. The Morgan fingerprint density at radius 3 is 1.65 bits per heavy atom. The summed E-state index contributed by atoms with van der Waals surface area (Å²) in [4.78, 5) is 10.3. The minimum Gasteiger partial charge on any atom is -0.478 e. The second-order valence-electron chi connectivity index (χ2n) is 3.83.